The molecule has 7 heteroatoms. The highest BCUT2D eigenvalue weighted by atomic mass is 32.2. The van der Waals surface area contributed by atoms with Gasteiger partial charge in [-0.15, -0.1) is 0 Å². The van der Waals surface area contributed by atoms with Crippen LogP contribution in [0.4, 0.5) is 0 Å². The summed E-state index contributed by atoms with van der Waals surface area (Å²) in [4.78, 5) is 28.9. The Balaban J connectivity index is 1.85. The maximum Gasteiger partial charge on any atom is 0.266 e. The SMILES string of the molecule is O=C([O-])CCN1C(=O)/C(=C/c2ccc3ncccc3c2)SC1=S. The Kier molecular flexibility index (Phi) is 4.40. The molecule has 0 spiro atoms. The van der Waals surface area contributed by atoms with Gasteiger partial charge in [0.05, 0.1) is 10.4 Å². The molecule has 0 radical (unpaired) electrons. The minimum absolute atomic E-state index is 0.0337. The van der Waals surface area contributed by atoms with Crippen LogP contribution >= 0.6 is 24.0 Å². The molecular formula is C16H11N2O3S2-. The molecule has 1 saturated heterocycles. The quantitative estimate of drug-likeness (QED) is 0.620. The summed E-state index contributed by atoms with van der Waals surface area (Å²) in [6.45, 7) is 0.0337. The summed E-state index contributed by atoms with van der Waals surface area (Å²) >= 11 is 6.32. The topological polar surface area (TPSA) is 73.3 Å². The summed E-state index contributed by atoms with van der Waals surface area (Å²) in [5, 5.41) is 11.5. The number of benzene rings is 1. The Morgan fingerprint density at radius 2 is 2.22 bits per heavy atom. The molecule has 1 aromatic heterocycles. The van der Waals surface area contributed by atoms with Crippen molar-refractivity contribution in [3.63, 3.8) is 0 Å². The van der Waals surface area contributed by atoms with Crippen LogP contribution in [0, 0.1) is 0 Å². The van der Waals surface area contributed by atoms with Crippen molar-refractivity contribution in [2.24, 2.45) is 0 Å². The molecule has 3 rings (SSSR count). The van der Waals surface area contributed by atoms with Crippen LogP contribution in [-0.2, 0) is 9.59 Å². The van der Waals surface area contributed by atoms with Crippen LogP contribution in [0.2, 0.25) is 0 Å². The molecule has 5 nitrogen and oxygen atoms in total. The molecule has 0 unspecified atom stereocenters. The molecule has 0 atom stereocenters. The van der Waals surface area contributed by atoms with Crippen molar-refractivity contribution in [3.8, 4) is 0 Å². The van der Waals surface area contributed by atoms with Crippen molar-refractivity contribution in [2.75, 3.05) is 6.54 Å². The zero-order valence-corrected chi connectivity index (χ0v) is 13.5. The number of thiocarbonyl (C=S) groups is 1. The van der Waals surface area contributed by atoms with Crippen LogP contribution in [-0.4, -0.2) is 32.6 Å². The number of aromatic nitrogens is 1. The molecule has 1 amide bonds. The number of carbonyl (C=O) groups is 2. The summed E-state index contributed by atoms with van der Waals surface area (Å²) in [5.41, 5.74) is 1.75. The second-order valence-corrected chi connectivity index (χ2v) is 6.59. The van der Waals surface area contributed by atoms with E-state index in [0.29, 0.717) is 9.23 Å². The van der Waals surface area contributed by atoms with E-state index in [1.807, 2.05) is 30.3 Å². The van der Waals surface area contributed by atoms with Crippen molar-refractivity contribution in [2.45, 2.75) is 6.42 Å². The lowest BCUT2D eigenvalue weighted by molar-refractivity contribution is -0.305. The number of pyridine rings is 1. The number of aliphatic carboxylic acids is 1. The summed E-state index contributed by atoms with van der Waals surface area (Å²) in [5.74, 6) is -1.47. The first-order valence-electron chi connectivity index (χ1n) is 6.84. The zero-order chi connectivity index (χ0) is 16.4. The molecule has 2 aromatic rings. The van der Waals surface area contributed by atoms with Gasteiger partial charge in [-0.1, -0.05) is 36.1 Å². The van der Waals surface area contributed by atoms with Crippen LogP contribution in [0.1, 0.15) is 12.0 Å². The largest absolute Gasteiger partial charge is 0.550 e. The third-order valence-corrected chi connectivity index (χ3v) is 4.72. The van der Waals surface area contributed by atoms with Crippen LogP contribution in [0.25, 0.3) is 17.0 Å². The van der Waals surface area contributed by atoms with E-state index in [4.69, 9.17) is 12.2 Å². The Hall–Kier alpha value is -2.25. The highest BCUT2D eigenvalue weighted by Gasteiger charge is 2.31. The highest BCUT2D eigenvalue weighted by Crippen LogP contribution is 2.32. The van der Waals surface area contributed by atoms with E-state index in [1.165, 1.54) is 16.7 Å². The van der Waals surface area contributed by atoms with Crippen molar-refractivity contribution >= 4 is 57.2 Å². The Bertz CT molecular complexity index is 848. The van der Waals surface area contributed by atoms with Gasteiger partial charge in [0.25, 0.3) is 5.91 Å². The number of amides is 1. The molecular weight excluding hydrogens is 332 g/mol. The number of rotatable bonds is 4. The number of thioether (sulfide) groups is 1. The molecule has 23 heavy (non-hydrogen) atoms. The van der Waals surface area contributed by atoms with Crippen molar-refractivity contribution < 1.29 is 14.7 Å². The van der Waals surface area contributed by atoms with Gasteiger partial charge in [-0.2, -0.15) is 0 Å². The fraction of sp³-hybridized carbons (Fsp3) is 0.125. The number of carboxylic acids is 1. The first kappa shape index (κ1) is 15.6. The number of carboxylic acid groups (broad SMARTS) is 1. The molecule has 1 aliphatic rings. The molecule has 2 heterocycles. The minimum Gasteiger partial charge on any atom is -0.550 e. The predicted octanol–water partition coefficient (Wildman–Crippen LogP) is 1.58. The van der Waals surface area contributed by atoms with E-state index < -0.39 is 5.97 Å². The van der Waals surface area contributed by atoms with Gasteiger partial charge in [-0.25, -0.2) is 0 Å². The van der Waals surface area contributed by atoms with Gasteiger partial charge >= 0.3 is 0 Å². The first-order valence-corrected chi connectivity index (χ1v) is 8.07. The number of carbonyl (C=O) groups excluding carboxylic acids is 2. The fourth-order valence-corrected chi connectivity index (χ4v) is 3.54. The summed E-state index contributed by atoms with van der Waals surface area (Å²) in [6, 6.07) is 9.51. The number of hydrogen-bond acceptors (Lipinski definition) is 6. The van der Waals surface area contributed by atoms with Crippen molar-refractivity contribution in [1.29, 1.82) is 0 Å². The second kappa shape index (κ2) is 6.47. The van der Waals surface area contributed by atoms with Gasteiger partial charge in [0, 0.05) is 30.5 Å². The molecule has 1 aliphatic heterocycles. The molecule has 0 saturated carbocycles. The Labute approximate surface area is 142 Å². The molecule has 0 N–H and O–H groups in total. The van der Waals surface area contributed by atoms with Crippen LogP contribution in [0.3, 0.4) is 0 Å². The predicted molar refractivity (Wildman–Crippen MR) is 91.2 cm³/mol. The van der Waals surface area contributed by atoms with Gasteiger partial charge in [0.2, 0.25) is 0 Å². The van der Waals surface area contributed by atoms with E-state index in [-0.39, 0.29) is 18.9 Å². The maximum absolute atomic E-state index is 12.3. The average molecular weight is 343 g/mol. The molecule has 0 aliphatic carbocycles. The standard InChI is InChI=1S/C16H12N2O3S2/c19-14(20)5-7-18-15(21)13(23-16(18)22)9-10-3-4-12-11(8-10)2-1-6-17-12/h1-4,6,8-9H,5,7H2,(H,19,20)/p-1/b13-9-. The van der Waals surface area contributed by atoms with Gasteiger partial charge in [-0.3, -0.25) is 14.7 Å². The second-order valence-electron chi connectivity index (χ2n) is 4.91. The third-order valence-electron chi connectivity index (χ3n) is 3.34. The Morgan fingerprint density at radius 3 is 3.00 bits per heavy atom. The first-order chi connectivity index (χ1) is 11.0. The lowest BCUT2D eigenvalue weighted by Crippen LogP contribution is -2.33. The minimum atomic E-state index is -1.20. The molecule has 1 aromatic carbocycles. The summed E-state index contributed by atoms with van der Waals surface area (Å²) in [7, 11) is 0. The molecule has 116 valence electrons. The van der Waals surface area contributed by atoms with Crippen molar-refractivity contribution in [3.05, 3.63) is 47.0 Å². The van der Waals surface area contributed by atoms with E-state index in [9.17, 15) is 14.7 Å². The van der Waals surface area contributed by atoms with Crippen LogP contribution in [0.15, 0.2) is 41.4 Å². The van der Waals surface area contributed by atoms with E-state index >= 15 is 0 Å². The smallest absolute Gasteiger partial charge is 0.266 e. The fourth-order valence-electron chi connectivity index (χ4n) is 2.23. The average Bonchev–Trinajstić information content (AvgIpc) is 2.79. The summed E-state index contributed by atoms with van der Waals surface area (Å²) in [6.07, 6.45) is 3.25. The van der Waals surface area contributed by atoms with E-state index in [1.54, 1.807) is 12.3 Å². The normalized spacial score (nSPS) is 16.5. The van der Waals surface area contributed by atoms with Gasteiger partial charge in [0.15, 0.2) is 0 Å². The van der Waals surface area contributed by atoms with Crippen LogP contribution < -0.4 is 5.11 Å². The highest BCUT2D eigenvalue weighted by molar-refractivity contribution is 8.26. The third kappa shape index (κ3) is 3.40. The van der Waals surface area contributed by atoms with E-state index in [2.05, 4.69) is 4.98 Å². The van der Waals surface area contributed by atoms with Gasteiger partial charge in [-0.05, 0) is 29.8 Å². The number of fused-ring (bicyclic) bond motifs is 1. The van der Waals surface area contributed by atoms with Gasteiger partial charge in [0.1, 0.15) is 4.32 Å². The van der Waals surface area contributed by atoms with Crippen LogP contribution in [0.5, 0.6) is 0 Å². The zero-order valence-electron chi connectivity index (χ0n) is 11.9. The van der Waals surface area contributed by atoms with E-state index in [0.717, 1.165) is 16.5 Å². The summed E-state index contributed by atoms with van der Waals surface area (Å²) < 4.78 is 0.366. The number of nitrogens with zero attached hydrogens (tertiary/aromatic N) is 2. The number of hydrogen-bond donors (Lipinski definition) is 0. The van der Waals surface area contributed by atoms with Gasteiger partial charge < -0.3 is 9.90 Å². The van der Waals surface area contributed by atoms with Crippen molar-refractivity contribution in [1.82, 2.24) is 9.88 Å². The lowest BCUT2D eigenvalue weighted by atomic mass is 10.1. The molecule has 1 fully saturated rings. The monoisotopic (exact) mass is 343 g/mol. The maximum atomic E-state index is 12.3. The lowest BCUT2D eigenvalue weighted by Gasteiger charge is -2.14. The Morgan fingerprint density at radius 1 is 1.39 bits per heavy atom. The molecule has 0 bridgehead atoms.